The number of carbonyl (C=O) groups is 2. The maximum Gasteiger partial charge on any atom is 0.340 e. The summed E-state index contributed by atoms with van der Waals surface area (Å²) in [6, 6.07) is 4.76. The molecular weight excluding hydrogens is 310 g/mol. The van der Waals surface area contributed by atoms with Crippen LogP contribution in [0.3, 0.4) is 0 Å². The Labute approximate surface area is 141 Å². The van der Waals surface area contributed by atoms with Gasteiger partial charge in [-0.15, -0.1) is 0 Å². The van der Waals surface area contributed by atoms with Gasteiger partial charge in [-0.05, 0) is 44.5 Å². The van der Waals surface area contributed by atoms with Gasteiger partial charge in [-0.1, -0.05) is 6.07 Å². The smallest absolute Gasteiger partial charge is 0.340 e. The molecule has 0 aromatic heterocycles. The normalized spacial score (nSPS) is 16.1. The number of likely N-dealkylation sites (N-methyl/N-ethyl adjacent to an activating group) is 1. The third-order valence-corrected chi connectivity index (χ3v) is 3.81. The number of amides is 1. The van der Waals surface area contributed by atoms with E-state index in [-0.39, 0.29) is 22.8 Å². The lowest BCUT2D eigenvalue weighted by atomic mass is 10.0. The van der Waals surface area contributed by atoms with Crippen molar-refractivity contribution in [1.29, 1.82) is 0 Å². The summed E-state index contributed by atoms with van der Waals surface area (Å²) in [5, 5.41) is 9.78. The van der Waals surface area contributed by atoms with Crippen molar-refractivity contribution in [2.75, 3.05) is 20.3 Å². The standard InChI is InChI=1S/C18H21NO5/c1-5-19-11(3)16(18(22)23-4)13(17(19)21)9-12-7-8-14(20)15(10-12)24-6-2/h7-10,20H,5-6H2,1-4H3. The molecule has 0 spiro atoms. The Morgan fingerprint density at radius 3 is 2.62 bits per heavy atom. The molecule has 0 radical (unpaired) electrons. The largest absolute Gasteiger partial charge is 0.504 e. The van der Waals surface area contributed by atoms with Gasteiger partial charge in [0.25, 0.3) is 5.91 Å². The molecule has 1 amide bonds. The summed E-state index contributed by atoms with van der Waals surface area (Å²) in [5.41, 5.74) is 1.75. The monoisotopic (exact) mass is 331 g/mol. The van der Waals surface area contributed by atoms with Gasteiger partial charge >= 0.3 is 5.97 Å². The van der Waals surface area contributed by atoms with Gasteiger partial charge in [0.05, 0.1) is 24.9 Å². The van der Waals surface area contributed by atoms with Crippen LogP contribution in [0, 0.1) is 0 Å². The molecule has 0 bridgehead atoms. The highest BCUT2D eigenvalue weighted by atomic mass is 16.5. The number of carbonyl (C=O) groups excluding carboxylic acids is 2. The number of methoxy groups -OCH3 is 1. The summed E-state index contributed by atoms with van der Waals surface area (Å²) in [7, 11) is 1.28. The van der Waals surface area contributed by atoms with Crippen LogP contribution in [0.2, 0.25) is 0 Å². The second kappa shape index (κ2) is 7.21. The van der Waals surface area contributed by atoms with Crippen LogP contribution >= 0.6 is 0 Å². The fourth-order valence-corrected chi connectivity index (χ4v) is 2.67. The van der Waals surface area contributed by atoms with E-state index in [4.69, 9.17) is 9.47 Å². The van der Waals surface area contributed by atoms with Gasteiger partial charge in [-0.2, -0.15) is 0 Å². The highest BCUT2D eigenvalue weighted by Crippen LogP contribution is 2.33. The molecule has 24 heavy (non-hydrogen) atoms. The highest BCUT2D eigenvalue weighted by Gasteiger charge is 2.36. The van der Waals surface area contributed by atoms with Crippen LogP contribution in [0.15, 0.2) is 35.0 Å². The molecule has 1 aliphatic heterocycles. The van der Waals surface area contributed by atoms with E-state index in [1.54, 1.807) is 25.1 Å². The van der Waals surface area contributed by atoms with E-state index in [1.165, 1.54) is 18.1 Å². The number of rotatable bonds is 5. The SMILES string of the molecule is CCOc1cc(C=C2C(=O)N(CC)C(C)=C2C(=O)OC)ccc1O. The molecule has 0 fully saturated rings. The summed E-state index contributed by atoms with van der Waals surface area (Å²) in [4.78, 5) is 26.2. The Kier molecular flexibility index (Phi) is 5.28. The molecule has 0 aliphatic carbocycles. The van der Waals surface area contributed by atoms with Crippen LogP contribution in [-0.2, 0) is 14.3 Å². The Bertz CT molecular complexity index is 733. The third-order valence-electron chi connectivity index (χ3n) is 3.81. The van der Waals surface area contributed by atoms with Crippen LogP contribution in [0.1, 0.15) is 26.3 Å². The number of phenolic OH excluding ortho intramolecular Hbond substituents is 1. The molecule has 1 aromatic rings. The number of aromatic hydroxyl groups is 1. The predicted octanol–water partition coefficient (Wildman–Crippen LogP) is 2.48. The molecule has 0 atom stereocenters. The molecule has 0 saturated carbocycles. The van der Waals surface area contributed by atoms with Crippen molar-refractivity contribution < 1.29 is 24.2 Å². The first kappa shape index (κ1) is 17.6. The molecule has 2 rings (SSSR count). The number of esters is 1. The summed E-state index contributed by atoms with van der Waals surface area (Å²) in [5.74, 6) is -0.454. The van der Waals surface area contributed by atoms with E-state index >= 15 is 0 Å². The van der Waals surface area contributed by atoms with Crippen molar-refractivity contribution in [2.45, 2.75) is 20.8 Å². The summed E-state index contributed by atoms with van der Waals surface area (Å²) in [6.07, 6.45) is 1.61. The van der Waals surface area contributed by atoms with Crippen molar-refractivity contribution in [3.05, 3.63) is 40.6 Å². The number of phenols is 1. The summed E-state index contributed by atoms with van der Waals surface area (Å²) < 4.78 is 10.2. The molecule has 128 valence electrons. The number of hydrogen-bond acceptors (Lipinski definition) is 5. The van der Waals surface area contributed by atoms with E-state index in [2.05, 4.69) is 0 Å². The summed E-state index contributed by atoms with van der Waals surface area (Å²) in [6.45, 7) is 6.24. The van der Waals surface area contributed by atoms with Crippen molar-refractivity contribution in [3.63, 3.8) is 0 Å². The second-order valence-corrected chi connectivity index (χ2v) is 5.22. The lowest BCUT2D eigenvalue weighted by Gasteiger charge is -2.14. The Morgan fingerprint density at radius 2 is 2.04 bits per heavy atom. The molecular formula is C18H21NO5. The number of benzene rings is 1. The van der Waals surface area contributed by atoms with Gasteiger partial charge in [0.15, 0.2) is 11.5 Å². The number of nitrogens with zero attached hydrogens (tertiary/aromatic N) is 1. The maximum absolute atomic E-state index is 12.6. The zero-order valence-corrected chi connectivity index (χ0v) is 14.3. The quantitative estimate of drug-likeness (QED) is 0.663. The maximum atomic E-state index is 12.6. The van der Waals surface area contributed by atoms with E-state index in [0.29, 0.717) is 30.2 Å². The molecule has 6 nitrogen and oxygen atoms in total. The molecule has 6 heteroatoms. The highest BCUT2D eigenvalue weighted by molar-refractivity contribution is 6.16. The zero-order valence-electron chi connectivity index (χ0n) is 14.3. The van der Waals surface area contributed by atoms with Crippen LogP contribution in [0.5, 0.6) is 11.5 Å². The fourth-order valence-electron chi connectivity index (χ4n) is 2.67. The number of allylic oxidation sites excluding steroid dienone is 1. The minimum Gasteiger partial charge on any atom is -0.504 e. The Balaban J connectivity index is 2.52. The molecule has 1 N–H and O–H groups in total. The van der Waals surface area contributed by atoms with Gasteiger partial charge in [0.2, 0.25) is 0 Å². The summed E-state index contributed by atoms with van der Waals surface area (Å²) >= 11 is 0. The lowest BCUT2D eigenvalue weighted by Crippen LogP contribution is -2.24. The first-order valence-corrected chi connectivity index (χ1v) is 7.73. The van der Waals surface area contributed by atoms with E-state index in [9.17, 15) is 14.7 Å². The van der Waals surface area contributed by atoms with Gasteiger partial charge in [0, 0.05) is 12.2 Å². The fraction of sp³-hybridized carbons (Fsp3) is 0.333. The average molecular weight is 331 g/mol. The lowest BCUT2D eigenvalue weighted by molar-refractivity contribution is -0.136. The number of hydrogen-bond donors (Lipinski definition) is 1. The van der Waals surface area contributed by atoms with Crippen LogP contribution in [-0.4, -0.2) is 42.1 Å². The van der Waals surface area contributed by atoms with Crippen LogP contribution in [0.25, 0.3) is 6.08 Å². The topological polar surface area (TPSA) is 76.1 Å². The molecule has 1 heterocycles. The second-order valence-electron chi connectivity index (χ2n) is 5.22. The molecule has 0 unspecified atom stereocenters. The van der Waals surface area contributed by atoms with E-state index < -0.39 is 5.97 Å². The molecule has 1 aliphatic rings. The van der Waals surface area contributed by atoms with Crippen molar-refractivity contribution >= 4 is 18.0 Å². The minimum absolute atomic E-state index is 0.0202. The average Bonchev–Trinajstić information content (AvgIpc) is 2.80. The number of ether oxygens (including phenoxy) is 2. The molecule has 0 saturated heterocycles. The van der Waals surface area contributed by atoms with Gasteiger partial charge < -0.3 is 19.5 Å². The zero-order chi connectivity index (χ0) is 17.9. The van der Waals surface area contributed by atoms with Crippen LogP contribution < -0.4 is 4.74 Å². The van der Waals surface area contributed by atoms with Gasteiger partial charge in [-0.25, -0.2) is 4.79 Å². The minimum atomic E-state index is -0.549. The van der Waals surface area contributed by atoms with Crippen molar-refractivity contribution in [1.82, 2.24) is 4.90 Å². The third kappa shape index (κ3) is 3.13. The van der Waals surface area contributed by atoms with E-state index in [0.717, 1.165) is 0 Å². The van der Waals surface area contributed by atoms with Gasteiger partial charge in [-0.3, -0.25) is 4.79 Å². The Hall–Kier alpha value is -2.76. The predicted molar refractivity (Wildman–Crippen MR) is 89.4 cm³/mol. The first-order chi connectivity index (χ1) is 11.4. The van der Waals surface area contributed by atoms with Crippen molar-refractivity contribution in [3.8, 4) is 11.5 Å². The Morgan fingerprint density at radius 1 is 1.33 bits per heavy atom. The molecule has 1 aromatic carbocycles. The van der Waals surface area contributed by atoms with E-state index in [1.807, 2.05) is 13.8 Å². The first-order valence-electron chi connectivity index (χ1n) is 7.73. The van der Waals surface area contributed by atoms with Crippen LogP contribution in [0.4, 0.5) is 0 Å². The van der Waals surface area contributed by atoms with Crippen molar-refractivity contribution in [2.24, 2.45) is 0 Å². The van der Waals surface area contributed by atoms with Gasteiger partial charge in [0.1, 0.15) is 0 Å².